The molecule has 0 unspecified atom stereocenters. The van der Waals surface area contributed by atoms with E-state index in [9.17, 15) is 13.2 Å². The average molecular weight is 324 g/mol. The molecular weight excluding hydrogens is 309 g/mol. The van der Waals surface area contributed by atoms with Crippen molar-refractivity contribution in [2.24, 2.45) is 0 Å². The number of nitrogens with zero attached hydrogens (tertiary/aromatic N) is 2. The summed E-state index contributed by atoms with van der Waals surface area (Å²) in [6.45, 7) is 0. The summed E-state index contributed by atoms with van der Waals surface area (Å²) in [5.74, 6) is 0.931. The van der Waals surface area contributed by atoms with Crippen LogP contribution in [0.25, 0.3) is 0 Å². The highest BCUT2D eigenvalue weighted by Gasteiger charge is 2.32. The molecule has 1 aliphatic rings. The van der Waals surface area contributed by atoms with Crippen molar-refractivity contribution < 1.29 is 17.9 Å². The van der Waals surface area contributed by atoms with Crippen molar-refractivity contribution in [3.05, 3.63) is 36.0 Å². The van der Waals surface area contributed by atoms with Crippen molar-refractivity contribution in [3.63, 3.8) is 0 Å². The number of ether oxygens (including phenoxy) is 1. The molecular formula is C15H15F3N4O. The molecule has 1 aromatic carbocycles. The first-order chi connectivity index (χ1) is 10.9. The Hall–Kier alpha value is -2.51. The Bertz CT molecular complexity index is 701. The number of alkyl halides is 3. The van der Waals surface area contributed by atoms with Crippen molar-refractivity contribution in [3.8, 4) is 5.75 Å². The first kappa shape index (κ1) is 15.4. The lowest BCUT2D eigenvalue weighted by molar-refractivity contribution is -0.274. The van der Waals surface area contributed by atoms with E-state index in [-0.39, 0.29) is 11.4 Å². The number of rotatable bonds is 5. The normalized spacial score (nSPS) is 14.4. The minimum atomic E-state index is -4.75. The maximum atomic E-state index is 12.5. The van der Waals surface area contributed by atoms with Crippen molar-refractivity contribution >= 4 is 17.5 Å². The minimum Gasteiger partial charge on any atom is -0.404 e. The van der Waals surface area contributed by atoms with E-state index in [1.165, 1.54) is 18.2 Å². The Morgan fingerprint density at radius 1 is 1.17 bits per heavy atom. The molecule has 0 bridgehead atoms. The molecule has 0 atom stereocenters. The van der Waals surface area contributed by atoms with Crippen LogP contribution in [0.1, 0.15) is 24.5 Å². The van der Waals surface area contributed by atoms with E-state index >= 15 is 0 Å². The summed E-state index contributed by atoms with van der Waals surface area (Å²) in [6, 6.07) is 7.59. The van der Waals surface area contributed by atoms with Gasteiger partial charge in [0.15, 0.2) is 5.75 Å². The minimum absolute atomic E-state index is 0.187. The second-order valence-corrected chi connectivity index (χ2v) is 5.19. The van der Waals surface area contributed by atoms with Crippen molar-refractivity contribution in [1.82, 2.24) is 9.97 Å². The molecule has 1 saturated carbocycles. The third-order valence-electron chi connectivity index (χ3n) is 3.34. The Labute approximate surface area is 130 Å². The molecule has 2 aromatic rings. The number of anilines is 3. The summed E-state index contributed by atoms with van der Waals surface area (Å²) in [5.41, 5.74) is 1.06. The van der Waals surface area contributed by atoms with E-state index < -0.39 is 6.36 Å². The molecule has 0 aliphatic heterocycles. The molecule has 122 valence electrons. The smallest absolute Gasteiger partial charge is 0.404 e. The summed E-state index contributed by atoms with van der Waals surface area (Å²) in [6.07, 6.45) is -2.63. The molecule has 2 N–H and O–H groups in total. The van der Waals surface area contributed by atoms with Crippen LogP contribution in [0.5, 0.6) is 5.75 Å². The van der Waals surface area contributed by atoms with E-state index in [0.29, 0.717) is 17.7 Å². The topological polar surface area (TPSA) is 59.1 Å². The number of aromatic nitrogens is 2. The van der Waals surface area contributed by atoms with E-state index in [1.807, 2.05) is 0 Å². The van der Waals surface area contributed by atoms with Crippen LogP contribution in [0, 0.1) is 0 Å². The lowest BCUT2D eigenvalue weighted by Crippen LogP contribution is -2.18. The zero-order valence-corrected chi connectivity index (χ0v) is 12.3. The van der Waals surface area contributed by atoms with Crippen LogP contribution in [0.2, 0.25) is 0 Å². The number of halogens is 3. The van der Waals surface area contributed by atoms with Gasteiger partial charge in [0.05, 0.1) is 11.4 Å². The van der Waals surface area contributed by atoms with Gasteiger partial charge in [-0.05, 0) is 25.0 Å². The predicted molar refractivity (Wildman–Crippen MR) is 80.0 cm³/mol. The summed E-state index contributed by atoms with van der Waals surface area (Å²) in [4.78, 5) is 8.59. The molecule has 5 nitrogen and oxygen atoms in total. The quantitative estimate of drug-likeness (QED) is 0.869. The van der Waals surface area contributed by atoms with Gasteiger partial charge in [0.25, 0.3) is 0 Å². The zero-order valence-electron chi connectivity index (χ0n) is 12.3. The number of hydrogen-bond acceptors (Lipinski definition) is 5. The second-order valence-electron chi connectivity index (χ2n) is 5.19. The number of nitrogens with one attached hydrogen (secondary N) is 2. The predicted octanol–water partition coefficient (Wildman–Crippen LogP) is 4.04. The molecule has 0 saturated heterocycles. The van der Waals surface area contributed by atoms with Gasteiger partial charge in [-0.25, -0.2) is 4.98 Å². The van der Waals surface area contributed by atoms with Gasteiger partial charge in [-0.2, -0.15) is 4.98 Å². The standard InChI is InChI=1S/C15H15F3N4O/c1-19-14-21-11(9-6-7-9)8-13(22-14)20-10-4-2-3-5-12(10)23-15(16,17)18/h2-5,8-9H,6-7H2,1H3,(H2,19,20,21,22). The van der Waals surface area contributed by atoms with Gasteiger partial charge < -0.3 is 15.4 Å². The largest absolute Gasteiger partial charge is 0.573 e. The first-order valence-corrected chi connectivity index (χ1v) is 7.13. The highest BCUT2D eigenvalue weighted by molar-refractivity contribution is 5.65. The highest BCUT2D eigenvalue weighted by Crippen LogP contribution is 2.40. The van der Waals surface area contributed by atoms with Gasteiger partial charge >= 0.3 is 6.36 Å². The lowest BCUT2D eigenvalue weighted by Gasteiger charge is -2.15. The Morgan fingerprint density at radius 2 is 1.91 bits per heavy atom. The molecule has 0 radical (unpaired) electrons. The fourth-order valence-corrected chi connectivity index (χ4v) is 2.15. The van der Waals surface area contributed by atoms with Crippen LogP contribution in [-0.4, -0.2) is 23.4 Å². The van der Waals surface area contributed by atoms with Gasteiger partial charge in [0, 0.05) is 19.0 Å². The van der Waals surface area contributed by atoms with Gasteiger partial charge in [-0.15, -0.1) is 13.2 Å². The van der Waals surface area contributed by atoms with Crippen molar-refractivity contribution in [2.75, 3.05) is 17.7 Å². The van der Waals surface area contributed by atoms with Gasteiger partial charge in [-0.1, -0.05) is 12.1 Å². The third kappa shape index (κ3) is 4.02. The summed E-state index contributed by atoms with van der Waals surface area (Å²) >= 11 is 0. The maximum Gasteiger partial charge on any atom is 0.573 e. The molecule has 23 heavy (non-hydrogen) atoms. The van der Waals surface area contributed by atoms with Crippen LogP contribution in [0.15, 0.2) is 30.3 Å². The fraction of sp³-hybridized carbons (Fsp3) is 0.333. The van der Waals surface area contributed by atoms with Crippen molar-refractivity contribution in [2.45, 2.75) is 25.1 Å². The van der Waals surface area contributed by atoms with Crippen LogP contribution >= 0.6 is 0 Å². The molecule has 3 rings (SSSR count). The Kier molecular flexibility index (Phi) is 3.97. The van der Waals surface area contributed by atoms with E-state index in [0.717, 1.165) is 18.5 Å². The molecule has 1 fully saturated rings. The Balaban J connectivity index is 1.88. The second kappa shape index (κ2) is 5.94. The van der Waals surface area contributed by atoms with Crippen LogP contribution in [0.4, 0.5) is 30.6 Å². The van der Waals surface area contributed by atoms with Crippen LogP contribution in [-0.2, 0) is 0 Å². The van der Waals surface area contributed by atoms with Gasteiger partial charge in [0.1, 0.15) is 5.82 Å². The molecule has 0 amide bonds. The molecule has 1 aliphatic carbocycles. The van der Waals surface area contributed by atoms with E-state index in [4.69, 9.17) is 0 Å². The highest BCUT2D eigenvalue weighted by atomic mass is 19.4. The van der Waals surface area contributed by atoms with Gasteiger partial charge in [0.2, 0.25) is 5.95 Å². The van der Waals surface area contributed by atoms with Gasteiger partial charge in [-0.3, -0.25) is 0 Å². The number of para-hydroxylation sites is 2. The Morgan fingerprint density at radius 3 is 2.57 bits per heavy atom. The number of hydrogen-bond donors (Lipinski definition) is 2. The fourth-order valence-electron chi connectivity index (χ4n) is 2.15. The van der Waals surface area contributed by atoms with E-state index in [1.54, 1.807) is 19.2 Å². The summed E-state index contributed by atoms with van der Waals surface area (Å²) in [7, 11) is 1.69. The zero-order chi connectivity index (χ0) is 16.4. The molecule has 0 spiro atoms. The lowest BCUT2D eigenvalue weighted by atomic mass is 10.2. The summed E-state index contributed by atoms with van der Waals surface area (Å²) < 4.78 is 41.4. The summed E-state index contributed by atoms with van der Waals surface area (Å²) in [5, 5.41) is 5.73. The first-order valence-electron chi connectivity index (χ1n) is 7.13. The van der Waals surface area contributed by atoms with E-state index in [2.05, 4.69) is 25.3 Å². The van der Waals surface area contributed by atoms with Crippen LogP contribution < -0.4 is 15.4 Å². The SMILES string of the molecule is CNc1nc(Nc2ccccc2OC(F)(F)F)cc(C2CC2)n1. The maximum absolute atomic E-state index is 12.5. The third-order valence-corrected chi connectivity index (χ3v) is 3.34. The number of benzene rings is 1. The molecule has 1 aromatic heterocycles. The van der Waals surface area contributed by atoms with Crippen LogP contribution in [0.3, 0.4) is 0 Å². The monoisotopic (exact) mass is 324 g/mol. The van der Waals surface area contributed by atoms with Crippen molar-refractivity contribution in [1.29, 1.82) is 0 Å². The molecule has 1 heterocycles. The molecule has 8 heteroatoms. The average Bonchev–Trinajstić information content (AvgIpc) is 3.32.